The van der Waals surface area contributed by atoms with Crippen LogP contribution in [-0.4, -0.2) is 34.6 Å². The standard InChI is InChI=1S/C36H58O4/c1-7-9-11-13-15-17-19-21-27-39-33-29-32(24-26-36(5,6)38)34(30-31(33)23-25-35(3,4)37)40-28-22-20-18-16-14-12-10-8-2/h29-30,37-38H,7-22,27-28H2,1-6H3. The highest BCUT2D eigenvalue weighted by molar-refractivity contribution is 5.59. The Morgan fingerprint density at radius 2 is 0.825 bits per heavy atom. The molecule has 0 saturated heterocycles. The first kappa shape index (κ1) is 35.9. The first-order chi connectivity index (χ1) is 19.1. The molecule has 0 saturated carbocycles. The van der Waals surface area contributed by atoms with Crippen molar-refractivity contribution in [3.05, 3.63) is 23.3 Å². The molecule has 0 aliphatic heterocycles. The van der Waals surface area contributed by atoms with E-state index < -0.39 is 11.2 Å². The molecule has 0 unspecified atom stereocenters. The number of aliphatic hydroxyl groups is 2. The lowest BCUT2D eigenvalue weighted by molar-refractivity contribution is 0.143. The first-order valence-corrected chi connectivity index (χ1v) is 16.0. The molecule has 1 aromatic carbocycles. The molecular weight excluding hydrogens is 496 g/mol. The van der Waals surface area contributed by atoms with E-state index in [0.717, 1.165) is 25.7 Å². The molecule has 0 amide bonds. The second kappa shape index (κ2) is 20.7. The van der Waals surface area contributed by atoms with Gasteiger partial charge in [0, 0.05) is 12.1 Å². The summed E-state index contributed by atoms with van der Waals surface area (Å²) >= 11 is 0. The zero-order chi connectivity index (χ0) is 29.7. The van der Waals surface area contributed by atoms with Crippen LogP contribution in [0.3, 0.4) is 0 Å². The average molecular weight is 555 g/mol. The quantitative estimate of drug-likeness (QED) is 0.125. The lowest BCUT2D eigenvalue weighted by Crippen LogP contribution is -2.15. The Labute approximate surface area is 246 Å². The van der Waals surface area contributed by atoms with Crippen LogP contribution in [0.2, 0.25) is 0 Å². The van der Waals surface area contributed by atoms with Crippen LogP contribution >= 0.6 is 0 Å². The minimum atomic E-state index is -1.12. The summed E-state index contributed by atoms with van der Waals surface area (Å²) in [5.74, 6) is 13.3. The van der Waals surface area contributed by atoms with E-state index in [-0.39, 0.29) is 0 Å². The van der Waals surface area contributed by atoms with Gasteiger partial charge in [-0.2, -0.15) is 0 Å². The van der Waals surface area contributed by atoms with Crippen molar-refractivity contribution in [2.24, 2.45) is 0 Å². The van der Waals surface area contributed by atoms with Gasteiger partial charge in [-0.3, -0.25) is 0 Å². The van der Waals surface area contributed by atoms with Gasteiger partial charge in [0.1, 0.15) is 22.7 Å². The third kappa shape index (κ3) is 19.0. The molecule has 0 aromatic heterocycles. The highest BCUT2D eigenvalue weighted by Gasteiger charge is 2.14. The predicted molar refractivity (Wildman–Crippen MR) is 169 cm³/mol. The fourth-order valence-corrected chi connectivity index (χ4v) is 4.27. The second-order valence-corrected chi connectivity index (χ2v) is 12.1. The topological polar surface area (TPSA) is 58.9 Å². The van der Waals surface area contributed by atoms with Crippen molar-refractivity contribution in [3.63, 3.8) is 0 Å². The maximum absolute atomic E-state index is 10.2. The van der Waals surface area contributed by atoms with E-state index in [1.807, 2.05) is 12.1 Å². The number of unbranched alkanes of at least 4 members (excludes halogenated alkanes) is 14. The van der Waals surface area contributed by atoms with Crippen molar-refractivity contribution in [2.75, 3.05) is 13.2 Å². The van der Waals surface area contributed by atoms with E-state index in [4.69, 9.17) is 9.47 Å². The molecule has 0 spiro atoms. The van der Waals surface area contributed by atoms with Gasteiger partial charge >= 0.3 is 0 Å². The van der Waals surface area contributed by atoms with Crippen LogP contribution in [0, 0.1) is 23.7 Å². The maximum atomic E-state index is 10.2. The van der Waals surface area contributed by atoms with Gasteiger partial charge in [0.15, 0.2) is 0 Å². The Bertz CT molecular complexity index is 850. The summed E-state index contributed by atoms with van der Waals surface area (Å²) in [6, 6.07) is 3.75. The first-order valence-electron chi connectivity index (χ1n) is 16.0. The van der Waals surface area contributed by atoms with Gasteiger partial charge in [-0.25, -0.2) is 0 Å². The van der Waals surface area contributed by atoms with Gasteiger partial charge in [0.05, 0.1) is 24.3 Å². The van der Waals surface area contributed by atoms with E-state index in [1.54, 1.807) is 27.7 Å². The highest BCUT2D eigenvalue weighted by Crippen LogP contribution is 2.29. The zero-order valence-corrected chi connectivity index (χ0v) is 26.6. The number of hydrogen-bond donors (Lipinski definition) is 2. The van der Waals surface area contributed by atoms with Crippen molar-refractivity contribution in [1.82, 2.24) is 0 Å². The summed E-state index contributed by atoms with van der Waals surface area (Å²) in [7, 11) is 0. The Morgan fingerprint density at radius 1 is 0.525 bits per heavy atom. The monoisotopic (exact) mass is 554 g/mol. The van der Waals surface area contributed by atoms with Gasteiger partial charge in [-0.1, -0.05) is 127 Å². The number of ether oxygens (including phenoxy) is 2. The predicted octanol–water partition coefficient (Wildman–Crippen LogP) is 8.97. The average Bonchev–Trinajstić information content (AvgIpc) is 2.88. The maximum Gasteiger partial charge on any atom is 0.136 e. The van der Waals surface area contributed by atoms with Crippen LogP contribution < -0.4 is 9.47 Å². The number of hydrogen-bond acceptors (Lipinski definition) is 4. The normalized spacial score (nSPS) is 11.4. The van der Waals surface area contributed by atoms with E-state index >= 15 is 0 Å². The van der Waals surface area contributed by atoms with Gasteiger partial charge in [-0.15, -0.1) is 0 Å². The Balaban J connectivity index is 2.94. The summed E-state index contributed by atoms with van der Waals surface area (Å²) < 4.78 is 12.4. The van der Waals surface area contributed by atoms with E-state index in [1.165, 1.54) is 77.0 Å². The molecule has 2 N–H and O–H groups in total. The van der Waals surface area contributed by atoms with Gasteiger partial charge in [0.2, 0.25) is 0 Å². The number of benzene rings is 1. The van der Waals surface area contributed by atoms with Crippen LogP contribution in [0.1, 0.15) is 155 Å². The van der Waals surface area contributed by atoms with Crippen molar-refractivity contribution in [2.45, 2.75) is 155 Å². The molecule has 1 rings (SSSR count). The third-order valence-corrected chi connectivity index (χ3v) is 6.60. The summed E-state index contributed by atoms with van der Waals surface area (Å²) in [4.78, 5) is 0. The van der Waals surface area contributed by atoms with Crippen LogP contribution in [0.25, 0.3) is 0 Å². The fourth-order valence-electron chi connectivity index (χ4n) is 4.27. The summed E-state index contributed by atoms with van der Waals surface area (Å²) in [5, 5.41) is 20.4. The van der Waals surface area contributed by atoms with Crippen LogP contribution in [-0.2, 0) is 0 Å². The minimum absolute atomic E-state index is 0.600. The van der Waals surface area contributed by atoms with Crippen molar-refractivity contribution in [3.8, 4) is 35.2 Å². The summed E-state index contributed by atoms with van der Waals surface area (Å²) in [6.07, 6.45) is 19.8. The van der Waals surface area contributed by atoms with Gasteiger partial charge < -0.3 is 19.7 Å². The second-order valence-electron chi connectivity index (χ2n) is 12.1. The molecule has 0 aliphatic carbocycles. The van der Waals surface area contributed by atoms with Crippen LogP contribution in [0.4, 0.5) is 0 Å². The molecule has 40 heavy (non-hydrogen) atoms. The summed E-state index contributed by atoms with van der Waals surface area (Å²) in [5.41, 5.74) is -0.873. The smallest absolute Gasteiger partial charge is 0.136 e. The van der Waals surface area contributed by atoms with Gasteiger partial charge in [-0.05, 0) is 40.5 Å². The van der Waals surface area contributed by atoms with Crippen molar-refractivity contribution < 1.29 is 19.7 Å². The van der Waals surface area contributed by atoms with E-state index in [2.05, 4.69) is 37.5 Å². The molecular formula is C36H58O4. The molecule has 0 aliphatic rings. The molecule has 4 heteroatoms. The lowest BCUT2D eigenvalue weighted by atomic mass is 10.0. The zero-order valence-electron chi connectivity index (χ0n) is 26.6. The van der Waals surface area contributed by atoms with Gasteiger partial charge in [0.25, 0.3) is 0 Å². The third-order valence-electron chi connectivity index (χ3n) is 6.60. The Morgan fingerprint density at radius 3 is 1.12 bits per heavy atom. The summed E-state index contributed by atoms with van der Waals surface area (Å²) in [6.45, 7) is 12.4. The van der Waals surface area contributed by atoms with Crippen molar-refractivity contribution in [1.29, 1.82) is 0 Å². The lowest BCUT2D eigenvalue weighted by Gasteiger charge is -2.15. The molecule has 0 radical (unpaired) electrons. The van der Waals surface area contributed by atoms with E-state index in [9.17, 15) is 10.2 Å². The molecule has 0 atom stereocenters. The van der Waals surface area contributed by atoms with Crippen LogP contribution in [0.15, 0.2) is 12.1 Å². The molecule has 0 bridgehead atoms. The highest BCUT2D eigenvalue weighted by atomic mass is 16.5. The SMILES string of the molecule is CCCCCCCCCCOc1cc(C#CC(C)(C)O)c(OCCCCCCCCCC)cc1C#CC(C)(C)O. The molecule has 4 nitrogen and oxygen atoms in total. The Hall–Kier alpha value is -2.14. The van der Waals surface area contributed by atoms with Crippen LogP contribution in [0.5, 0.6) is 11.5 Å². The fraction of sp³-hybridized carbons (Fsp3) is 0.722. The van der Waals surface area contributed by atoms with E-state index in [0.29, 0.717) is 35.8 Å². The largest absolute Gasteiger partial charge is 0.492 e. The number of rotatable bonds is 20. The molecule has 1 aromatic rings. The molecule has 226 valence electrons. The Kier molecular flexibility index (Phi) is 18.6. The van der Waals surface area contributed by atoms with Crippen molar-refractivity contribution >= 4 is 0 Å². The molecule has 0 heterocycles. The molecule has 0 fully saturated rings. The minimum Gasteiger partial charge on any atom is -0.492 e.